The largest absolute Gasteiger partial charge is 0.493 e. The van der Waals surface area contributed by atoms with Gasteiger partial charge in [-0.25, -0.2) is 0 Å². The third kappa shape index (κ3) is 4.02. The van der Waals surface area contributed by atoms with Crippen LogP contribution >= 0.6 is 0 Å². The molecule has 0 aliphatic rings. The molecule has 1 aromatic carbocycles. The van der Waals surface area contributed by atoms with Crippen LogP contribution < -0.4 is 9.47 Å². The van der Waals surface area contributed by atoms with Gasteiger partial charge in [0.2, 0.25) is 0 Å². The van der Waals surface area contributed by atoms with Crippen molar-refractivity contribution in [3.05, 3.63) is 47.9 Å². The fourth-order valence-corrected chi connectivity index (χ4v) is 1.87. The Labute approximate surface area is 124 Å². The van der Waals surface area contributed by atoms with Crippen molar-refractivity contribution in [3.8, 4) is 11.5 Å². The molecular formula is C16H19NO4. The number of furan rings is 1. The summed E-state index contributed by atoms with van der Waals surface area (Å²) in [4.78, 5) is 13.6. The Hall–Kier alpha value is -2.43. The molecule has 1 heterocycles. The Morgan fingerprint density at radius 2 is 2.10 bits per heavy atom. The van der Waals surface area contributed by atoms with E-state index < -0.39 is 0 Å². The summed E-state index contributed by atoms with van der Waals surface area (Å²) in [5, 5.41) is 0. The molecule has 0 fully saturated rings. The molecule has 2 rings (SSSR count). The summed E-state index contributed by atoms with van der Waals surface area (Å²) in [5.41, 5.74) is 1.07. The molecule has 0 spiro atoms. The predicted octanol–water partition coefficient (Wildman–Crippen LogP) is 2.63. The maximum Gasteiger partial charge on any atom is 0.260 e. The average Bonchev–Trinajstić information content (AvgIpc) is 2.98. The summed E-state index contributed by atoms with van der Waals surface area (Å²) >= 11 is 0. The van der Waals surface area contributed by atoms with Crippen LogP contribution in [0, 0.1) is 6.92 Å². The minimum atomic E-state index is -0.131. The van der Waals surface area contributed by atoms with E-state index in [2.05, 4.69) is 0 Å². The summed E-state index contributed by atoms with van der Waals surface area (Å²) in [6.07, 6.45) is 1.58. The van der Waals surface area contributed by atoms with Gasteiger partial charge in [-0.15, -0.1) is 0 Å². The fourth-order valence-electron chi connectivity index (χ4n) is 1.87. The lowest BCUT2D eigenvalue weighted by atomic mass is 10.2. The zero-order valence-corrected chi connectivity index (χ0v) is 12.5. The van der Waals surface area contributed by atoms with Gasteiger partial charge in [0.1, 0.15) is 5.76 Å². The van der Waals surface area contributed by atoms with E-state index in [9.17, 15) is 4.79 Å². The Morgan fingerprint density at radius 3 is 2.76 bits per heavy atom. The van der Waals surface area contributed by atoms with Gasteiger partial charge in [0, 0.05) is 7.05 Å². The van der Waals surface area contributed by atoms with Gasteiger partial charge in [-0.1, -0.05) is 6.07 Å². The lowest BCUT2D eigenvalue weighted by Gasteiger charge is -2.17. The first-order valence-electron chi connectivity index (χ1n) is 6.64. The van der Waals surface area contributed by atoms with Gasteiger partial charge in [-0.2, -0.15) is 0 Å². The number of hydrogen-bond acceptors (Lipinski definition) is 4. The Balaban J connectivity index is 1.91. The molecule has 0 aliphatic carbocycles. The van der Waals surface area contributed by atoms with Crippen molar-refractivity contribution in [1.29, 1.82) is 0 Å². The number of ether oxygens (including phenoxy) is 2. The summed E-state index contributed by atoms with van der Waals surface area (Å²) in [5.74, 6) is 1.78. The summed E-state index contributed by atoms with van der Waals surface area (Å²) in [6.45, 7) is 2.34. The lowest BCUT2D eigenvalue weighted by Crippen LogP contribution is -2.30. The van der Waals surface area contributed by atoms with E-state index >= 15 is 0 Å². The molecular weight excluding hydrogens is 270 g/mol. The van der Waals surface area contributed by atoms with Crippen LogP contribution in [0.5, 0.6) is 11.5 Å². The number of methoxy groups -OCH3 is 1. The van der Waals surface area contributed by atoms with Gasteiger partial charge in [0.25, 0.3) is 5.91 Å². The molecule has 0 aliphatic heterocycles. The Morgan fingerprint density at radius 1 is 1.29 bits per heavy atom. The number of benzene rings is 1. The van der Waals surface area contributed by atoms with E-state index in [1.165, 1.54) is 0 Å². The monoisotopic (exact) mass is 289 g/mol. The van der Waals surface area contributed by atoms with E-state index in [1.54, 1.807) is 37.5 Å². The van der Waals surface area contributed by atoms with Crippen LogP contribution in [0.4, 0.5) is 0 Å². The van der Waals surface area contributed by atoms with Gasteiger partial charge < -0.3 is 18.8 Å². The van der Waals surface area contributed by atoms with Crippen LogP contribution in [0.2, 0.25) is 0 Å². The van der Waals surface area contributed by atoms with Gasteiger partial charge >= 0.3 is 0 Å². The fraction of sp³-hybridized carbons (Fsp3) is 0.312. The Bertz CT molecular complexity index is 592. The highest BCUT2D eigenvalue weighted by atomic mass is 16.5. The Kier molecular flexibility index (Phi) is 4.87. The lowest BCUT2D eigenvalue weighted by molar-refractivity contribution is -0.132. The molecule has 0 saturated carbocycles. The second-order valence-corrected chi connectivity index (χ2v) is 4.77. The number of amides is 1. The van der Waals surface area contributed by atoms with Crippen LogP contribution in [-0.4, -0.2) is 31.6 Å². The van der Waals surface area contributed by atoms with Crippen LogP contribution in [0.1, 0.15) is 11.3 Å². The second-order valence-electron chi connectivity index (χ2n) is 4.77. The third-order valence-electron chi connectivity index (χ3n) is 3.07. The van der Waals surface area contributed by atoms with E-state index in [4.69, 9.17) is 13.9 Å². The zero-order valence-electron chi connectivity index (χ0n) is 12.5. The van der Waals surface area contributed by atoms with E-state index in [0.717, 1.165) is 11.3 Å². The van der Waals surface area contributed by atoms with Gasteiger partial charge in [-0.3, -0.25) is 4.79 Å². The quantitative estimate of drug-likeness (QED) is 0.820. The standard InChI is InChI=1S/C16H19NO4/c1-12-6-7-14(15(9-12)19-3)21-11-16(18)17(2)10-13-5-4-8-20-13/h4-9H,10-11H2,1-3H3. The summed E-state index contributed by atoms with van der Waals surface area (Å²) in [6, 6.07) is 9.20. The van der Waals surface area contributed by atoms with Gasteiger partial charge in [0.15, 0.2) is 18.1 Å². The minimum absolute atomic E-state index is 0.0450. The molecule has 1 aromatic heterocycles. The number of aryl methyl sites for hydroxylation is 1. The molecule has 0 bridgehead atoms. The van der Waals surface area contributed by atoms with Gasteiger partial charge in [-0.05, 0) is 36.8 Å². The molecule has 5 heteroatoms. The van der Waals surface area contributed by atoms with Crippen molar-refractivity contribution in [2.45, 2.75) is 13.5 Å². The molecule has 5 nitrogen and oxygen atoms in total. The first kappa shape index (κ1) is 15.0. The number of likely N-dealkylation sites (N-methyl/N-ethyl adjacent to an activating group) is 1. The van der Waals surface area contributed by atoms with Crippen molar-refractivity contribution in [3.63, 3.8) is 0 Å². The highest BCUT2D eigenvalue weighted by Gasteiger charge is 2.13. The van der Waals surface area contributed by atoms with Crippen LogP contribution in [0.3, 0.4) is 0 Å². The van der Waals surface area contributed by atoms with Crippen molar-refractivity contribution < 1.29 is 18.7 Å². The molecule has 112 valence electrons. The molecule has 0 radical (unpaired) electrons. The minimum Gasteiger partial charge on any atom is -0.493 e. The SMILES string of the molecule is COc1cc(C)ccc1OCC(=O)N(C)Cc1ccco1. The molecule has 2 aromatic rings. The van der Waals surface area contributed by atoms with Crippen molar-refractivity contribution in [2.75, 3.05) is 20.8 Å². The third-order valence-corrected chi connectivity index (χ3v) is 3.07. The maximum atomic E-state index is 12.0. The van der Waals surface area contributed by atoms with Crippen LogP contribution in [-0.2, 0) is 11.3 Å². The van der Waals surface area contributed by atoms with Crippen LogP contribution in [0.15, 0.2) is 41.0 Å². The topological polar surface area (TPSA) is 51.9 Å². The second kappa shape index (κ2) is 6.83. The number of carbonyl (C=O) groups is 1. The normalized spacial score (nSPS) is 10.2. The number of nitrogens with zero attached hydrogens (tertiary/aromatic N) is 1. The molecule has 0 N–H and O–H groups in total. The van der Waals surface area contributed by atoms with E-state index in [0.29, 0.717) is 18.0 Å². The van der Waals surface area contributed by atoms with Crippen molar-refractivity contribution >= 4 is 5.91 Å². The smallest absolute Gasteiger partial charge is 0.260 e. The zero-order chi connectivity index (χ0) is 15.2. The number of hydrogen-bond donors (Lipinski definition) is 0. The molecule has 0 atom stereocenters. The molecule has 21 heavy (non-hydrogen) atoms. The number of rotatable bonds is 6. The first-order chi connectivity index (χ1) is 10.1. The first-order valence-corrected chi connectivity index (χ1v) is 6.64. The van der Waals surface area contributed by atoms with Crippen molar-refractivity contribution in [1.82, 2.24) is 4.90 Å². The highest BCUT2D eigenvalue weighted by molar-refractivity contribution is 5.77. The summed E-state index contributed by atoms with van der Waals surface area (Å²) < 4.78 is 16.0. The van der Waals surface area contributed by atoms with E-state index in [1.807, 2.05) is 25.1 Å². The average molecular weight is 289 g/mol. The predicted molar refractivity (Wildman–Crippen MR) is 78.4 cm³/mol. The van der Waals surface area contributed by atoms with Crippen molar-refractivity contribution in [2.24, 2.45) is 0 Å². The summed E-state index contributed by atoms with van der Waals surface area (Å²) in [7, 11) is 3.28. The highest BCUT2D eigenvalue weighted by Crippen LogP contribution is 2.27. The molecule has 0 saturated heterocycles. The van der Waals surface area contributed by atoms with Crippen LogP contribution in [0.25, 0.3) is 0 Å². The molecule has 1 amide bonds. The number of carbonyl (C=O) groups excluding carboxylic acids is 1. The van der Waals surface area contributed by atoms with Gasteiger partial charge in [0.05, 0.1) is 19.9 Å². The molecule has 0 unspecified atom stereocenters. The van der Waals surface area contributed by atoms with E-state index in [-0.39, 0.29) is 12.5 Å². The maximum absolute atomic E-state index is 12.0.